The summed E-state index contributed by atoms with van der Waals surface area (Å²) >= 11 is 3.59. The van der Waals surface area contributed by atoms with Crippen LogP contribution in [0.15, 0.2) is 34.9 Å². The second-order valence-corrected chi connectivity index (χ2v) is 5.62. The van der Waals surface area contributed by atoms with Crippen molar-refractivity contribution in [3.8, 4) is 0 Å². The molecule has 18 heavy (non-hydrogen) atoms. The summed E-state index contributed by atoms with van der Waals surface area (Å²) < 4.78 is 3.43. The maximum atomic E-state index is 6.11. The highest BCUT2D eigenvalue weighted by atomic mass is 79.9. The van der Waals surface area contributed by atoms with Crippen LogP contribution in [0.5, 0.6) is 0 Å². The van der Waals surface area contributed by atoms with Crippen LogP contribution >= 0.6 is 15.9 Å². The lowest BCUT2D eigenvalue weighted by atomic mass is 10.1. The van der Waals surface area contributed by atoms with Crippen LogP contribution in [0.25, 0.3) is 0 Å². The van der Waals surface area contributed by atoms with Crippen LogP contribution in [0.2, 0.25) is 0 Å². The van der Waals surface area contributed by atoms with E-state index in [2.05, 4.69) is 43.7 Å². The third kappa shape index (κ3) is 2.10. The molecular weight excluding hydrogens is 290 g/mol. The summed E-state index contributed by atoms with van der Waals surface area (Å²) in [5, 5.41) is 0. The molecule has 0 fully saturated rings. The molecule has 2 aromatic rings. The van der Waals surface area contributed by atoms with Gasteiger partial charge in [-0.3, -0.25) is 0 Å². The predicted octanol–water partition coefficient (Wildman–Crippen LogP) is 3.03. The van der Waals surface area contributed by atoms with Crippen molar-refractivity contribution in [1.29, 1.82) is 0 Å². The summed E-state index contributed by atoms with van der Waals surface area (Å²) in [7, 11) is 0. The molecule has 1 unspecified atom stereocenters. The largest absolute Gasteiger partial charge is 0.330 e. The Morgan fingerprint density at radius 2 is 2.22 bits per heavy atom. The molecular formula is C14H16BrN3. The quantitative estimate of drug-likeness (QED) is 0.927. The van der Waals surface area contributed by atoms with Crippen LogP contribution < -0.4 is 5.73 Å². The lowest BCUT2D eigenvalue weighted by Crippen LogP contribution is -2.22. The van der Waals surface area contributed by atoms with E-state index >= 15 is 0 Å². The van der Waals surface area contributed by atoms with E-state index in [1.165, 1.54) is 11.3 Å². The molecule has 3 rings (SSSR count). The number of fused-ring (bicyclic) bond motifs is 1. The van der Waals surface area contributed by atoms with Gasteiger partial charge in [-0.2, -0.15) is 0 Å². The normalized spacial score (nSPS) is 18.7. The zero-order chi connectivity index (χ0) is 12.5. The van der Waals surface area contributed by atoms with E-state index in [-0.39, 0.29) is 6.04 Å². The van der Waals surface area contributed by atoms with Gasteiger partial charge in [-0.05, 0) is 24.5 Å². The number of aromatic nitrogens is 2. The minimum atomic E-state index is 0.152. The number of hydrogen-bond donors (Lipinski definition) is 1. The van der Waals surface area contributed by atoms with Crippen molar-refractivity contribution < 1.29 is 0 Å². The van der Waals surface area contributed by atoms with E-state index < -0.39 is 0 Å². The Bertz CT molecular complexity index is 562. The highest BCUT2D eigenvalue weighted by Gasteiger charge is 2.20. The number of hydrogen-bond acceptors (Lipinski definition) is 2. The molecule has 1 aliphatic heterocycles. The molecule has 0 aliphatic carbocycles. The van der Waals surface area contributed by atoms with E-state index in [1.54, 1.807) is 0 Å². The Morgan fingerprint density at radius 3 is 3.06 bits per heavy atom. The monoisotopic (exact) mass is 305 g/mol. The highest BCUT2D eigenvalue weighted by molar-refractivity contribution is 9.10. The van der Waals surface area contributed by atoms with Crippen LogP contribution in [-0.2, 0) is 13.0 Å². The summed E-state index contributed by atoms with van der Waals surface area (Å²) in [6, 6.07) is 8.45. The Morgan fingerprint density at radius 1 is 1.39 bits per heavy atom. The van der Waals surface area contributed by atoms with Gasteiger partial charge in [-0.25, -0.2) is 4.98 Å². The van der Waals surface area contributed by atoms with Gasteiger partial charge in [-0.1, -0.05) is 34.1 Å². The molecule has 0 amide bonds. The fourth-order valence-electron chi connectivity index (χ4n) is 2.55. The predicted molar refractivity (Wildman–Crippen MR) is 75.3 cm³/mol. The molecule has 1 aromatic carbocycles. The van der Waals surface area contributed by atoms with Gasteiger partial charge < -0.3 is 10.3 Å². The fourth-order valence-corrected chi connectivity index (χ4v) is 2.98. The smallest absolute Gasteiger partial charge is 0.113 e. The van der Waals surface area contributed by atoms with Gasteiger partial charge in [-0.15, -0.1) is 0 Å². The third-order valence-corrected chi connectivity index (χ3v) is 4.33. The maximum absolute atomic E-state index is 6.11. The van der Waals surface area contributed by atoms with Crippen molar-refractivity contribution in [3.05, 3.63) is 52.0 Å². The average Bonchev–Trinajstić information content (AvgIpc) is 2.77. The van der Waals surface area contributed by atoms with Crippen molar-refractivity contribution >= 4 is 15.9 Å². The van der Waals surface area contributed by atoms with E-state index in [9.17, 15) is 0 Å². The molecule has 1 aliphatic rings. The molecule has 0 saturated heterocycles. The minimum Gasteiger partial charge on any atom is -0.330 e. The zero-order valence-corrected chi connectivity index (χ0v) is 11.7. The van der Waals surface area contributed by atoms with Gasteiger partial charge in [0, 0.05) is 23.5 Å². The summed E-state index contributed by atoms with van der Waals surface area (Å²) in [6.07, 6.45) is 5.01. The molecule has 1 aromatic heterocycles. The zero-order valence-electron chi connectivity index (χ0n) is 10.1. The Kier molecular flexibility index (Phi) is 3.22. The number of halogens is 1. The van der Waals surface area contributed by atoms with Gasteiger partial charge in [0.25, 0.3) is 0 Å². The molecule has 2 N–H and O–H groups in total. The Labute approximate surface area is 115 Å². The second-order valence-electron chi connectivity index (χ2n) is 4.77. The van der Waals surface area contributed by atoms with Crippen molar-refractivity contribution in [2.45, 2.75) is 31.8 Å². The van der Waals surface area contributed by atoms with Gasteiger partial charge in [0.15, 0.2) is 0 Å². The lowest BCUT2D eigenvalue weighted by Gasteiger charge is -2.22. The van der Waals surface area contributed by atoms with Crippen LogP contribution in [0, 0.1) is 0 Å². The van der Waals surface area contributed by atoms with Gasteiger partial charge in [0.05, 0.1) is 11.9 Å². The average molecular weight is 306 g/mol. The highest BCUT2D eigenvalue weighted by Crippen LogP contribution is 2.26. The molecule has 0 radical (unpaired) electrons. The van der Waals surface area contributed by atoms with E-state index in [4.69, 9.17) is 5.73 Å². The van der Waals surface area contributed by atoms with E-state index in [0.29, 0.717) is 0 Å². The van der Waals surface area contributed by atoms with Gasteiger partial charge >= 0.3 is 0 Å². The lowest BCUT2D eigenvalue weighted by molar-refractivity contribution is 0.454. The maximum Gasteiger partial charge on any atom is 0.113 e. The number of nitrogens with two attached hydrogens (primary N) is 1. The summed E-state index contributed by atoms with van der Waals surface area (Å²) in [6.45, 7) is 1.04. The molecule has 2 heterocycles. The van der Waals surface area contributed by atoms with E-state index in [0.717, 1.165) is 36.1 Å². The Hall–Kier alpha value is -1.13. The molecule has 3 nitrogen and oxygen atoms in total. The standard InChI is InChI=1S/C14H16BrN3/c15-11-5-2-1-4-10(11)8-14-17-9-13-12(16)6-3-7-18(13)14/h1-2,4-5,9,12H,3,6-8,16H2. The molecule has 4 heteroatoms. The number of rotatable bonds is 2. The SMILES string of the molecule is NC1CCCn2c1cnc2Cc1ccccc1Br. The van der Waals surface area contributed by atoms with Crippen molar-refractivity contribution in [2.24, 2.45) is 5.73 Å². The van der Waals surface area contributed by atoms with Crippen LogP contribution in [-0.4, -0.2) is 9.55 Å². The summed E-state index contributed by atoms with van der Waals surface area (Å²) in [4.78, 5) is 4.55. The van der Waals surface area contributed by atoms with Crippen LogP contribution in [0.1, 0.15) is 36.0 Å². The van der Waals surface area contributed by atoms with E-state index in [1.807, 2.05) is 12.3 Å². The number of nitrogens with zero attached hydrogens (tertiary/aromatic N) is 2. The van der Waals surface area contributed by atoms with Crippen molar-refractivity contribution in [2.75, 3.05) is 0 Å². The van der Waals surface area contributed by atoms with Gasteiger partial charge in [0.2, 0.25) is 0 Å². The van der Waals surface area contributed by atoms with Crippen molar-refractivity contribution in [3.63, 3.8) is 0 Å². The topological polar surface area (TPSA) is 43.8 Å². The molecule has 94 valence electrons. The summed E-state index contributed by atoms with van der Waals surface area (Å²) in [5.74, 6) is 1.12. The van der Waals surface area contributed by atoms with Crippen molar-refractivity contribution in [1.82, 2.24) is 9.55 Å². The third-order valence-electron chi connectivity index (χ3n) is 3.55. The fraction of sp³-hybridized carbons (Fsp3) is 0.357. The first-order chi connectivity index (χ1) is 8.75. The van der Waals surface area contributed by atoms with Gasteiger partial charge in [0.1, 0.15) is 5.82 Å². The molecule has 1 atom stereocenters. The molecule has 0 saturated carbocycles. The van der Waals surface area contributed by atoms with Crippen LogP contribution in [0.3, 0.4) is 0 Å². The minimum absolute atomic E-state index is 0.152. The first kappa shape index (κ1) is 11.9. The second kappa shape index (κ2) is 4.86. The number of benzene rings is 1. The molecule has 0 bridgehead atoms. The first-order valence-electron chi connectivity index (χ1n) is 6.29. The summed E-state index contributed by atoms with van der Waals surface area (Å²) in [5.41, 5.74) is 8.57. The van der Waals surface area contributed by atoms with Crippen LogP contribution in [0.4, 0.5) is 0 Å². The first-order valence-corrected chi connectivity index (χ1v) is 7.08. The molecule has 0 spiro atoms. The number of imidazole rings is 1. The Balaban J connectivity index is 1.92.